The highest BCUT2D eigenvalue weighted by Gasteiger charge is 2.27. The summed E-state index contributed by atoms with van der Waals surface area (Å²) in [5.41, 5.74) is 1.14. The molecule has 0 radical (unpaired) electrons. The van der Waals surface area contributed by atoms with Crippen LogP contribution in [0.25, 0.3) is 23.2 Å². The fourth-order valence-electron chi connectivity index (χ4n) is 3.68. The maximum atomic E-state index is 13.6. The minimum atomic E-state index is -0.161. The molecule has 1 aliphatic heterocycles. The molecule has 1 fully saturated rings. The van der Waals surface area contributed by atoms with Crippen molar-refractivity contribution < 1.29 is 9.21 Å². The Morgan fingerprint density at radius 2 is 1.75 bits per heavy atom. The quantitative estimate of drug-likeness (QED) is 0.452. The van der Waals surface area contributed by atoms with Crippen LogP contribution in [0.5, 0.6) is 0 Å². The van der Waals surface area contributed by atoms with Crippen LogP contribution in [0.4, 0.5) is 5.82 Å². The standard InChI is InChI=1S/C23H21N7O2/c31-23(29-14-12-28(13-15-29)21-10-4-5-11-24-21)20(17-19-9-6-16-32-19)30-22(25-26-27-30)18-7-2-1-3-8-18/h1-11,16-17H,12-15H2/b20-17+. The summed E-state index contributed by atoms with van der Waals surface area (Å²) in [7, 11) is 0. The van der Waals surface area contributed by atoms with Gasteiger partial charge in [-0.25, -0.2) is 4.98 Å². The van der Waals surface area contributed by atoms with Crippen molar-refractivity contribution in [3.63, 3.8) is 0 Å². The molecule has 32 heavy (non-hydrogen) atoms. The summed E-state index contributed by atoms with van der Waals surface area (Å²) in [6.07, 6.45) is 5.02. The third-order valence-corrected chi connectivity index (χ3v) is 5.31. The number of benzene rings is 1. The number of hydrogen-bond donors (Lipinski definition) is 0. The second-order valence-electron chi connectivity index (χ2n) is 7.29. The van der Waals surface area contributed by atoms with Gasteiger partial charge in [0.05, 0.1) is 6.26 Å². The van der Waals surface area contributed by atoms with Gasteiger partial charge >= 0.3 is 0 Å². The molecule has 3 aromatic heterocycles. The van der Waals surface area contributed by atoms with Crippen LogP contribution < -0.4 is 4.90 Å². The minimum absolute atomic E-state index is 0.161. The predicted molar refractivity (Wildman–Crippen MR) is 119 cm³/mol. The molecule has 1 aliphatic rings. The van der Waals surface area contributed by atoms with Crippen molar-refractivity contribution in [2.24, 2.45) is 0 Å². The van der Waals surface area contributed by atoms with Crippen LogP contribution >= 0.6 is 0 Å². The number of carbonyl (C=O) groups excluding carboxylic acids is 1. The molecule has 0 saturated carbocycles. The normalized spacial score (nSPS) is 14.6. The zero-order valence-electron chi connectivity index (χ0n) is 17.3. The van der Waals surface area contributed by atoms with E-state index >= 15 is 0 Å². The van der Waals surface area contributed by atoms with E-state index in [9.17, 15) is 4.79 Å². The number of piperazine rings is 1. The Hall–Kier alpha value is -4.27. The summed E-state index contributed by atoms with van der Waals surface area (Å²) < 4.78 is 6.95. The zero-order chi connectivity index (χ0) is 21.8. The van der Waals surface area contributed by atoms with Crippen molar-refractivity contribution in [3.8, 4) is 11.4 Å². The van der Waals surface area contributed by atoms with Gasteiger partial charge in [-0.05, 0) is 34.7 Å². The molecular weight excluding hydrogens is 406 g/mol. The number of aromatic nitrogens is 5. The van der Waals surface area contributed by atoms with Gasteiger partial charge in [0, 0.05) is 44.0 Å². The molecule has 1 saturated heterocycles. The number of furan rings is 1. The van der Waals surface area contributed by atoms with Crippen LogP contribution in [0, 0.1) is 0 Å². The average molecular weight is 427 g/mol. The van der Waals surface area contributed by atoms with E-state index in [4.69, 9.17) is 4.42 Å². The van der Waals surface area contributed by atoms with Crippen LogP contribution in [-0.2, 0) is 4.79 Å². The molecule has 0 aliphatic carbocycles. The molecule has 9 heteroatoms. The Bertz CT molecular complexity index is 1200. The Labute approximate surface area is 184 Å². The first-order chi connectivity index (χ1) is 15.8. The van der Waals surface area contributed by atoms with Gasteiger partial charge in [0.15, 0.2) is 5.82 Å². The van der Waals surface area contributed by atoms with E-state index < -0.39 is 0 Å². The third-order valence-electron chi connectivity index (χ3n) is 5.31. The van der Waals surface area contributed by atoms with E-state index in [0.29, 0.717) is 43.5 Å². The smallest absolute Gasteiger partial charge is 0.272 e. The number of rotatable bonds is 5. The summed E-state index contributed by atoms with van der Waals surface area (Å²) in [6.45, 7) is 2.51. The fourth-order valence-corrected chi connectivity index (χ4v) is 3.68. The highest BCUT2D eigenvalue weighted by molar-refractivity contribution is 6.18. The number of carbonyl (C=O) groups is 1. The number of nitrogens with zero attached hydrogens (tertiary/aromatic N) is 7. The Kier molecular flexibility index (Phi) is 5.44. The summed E-state index contributed by atoms with van der Waals surface area (Å²) in [5.74, 6) is 1.79. The topological polar surface area (TPSA) is 93.2 Å². The predicted octanol–water partition coefficient (Wildman–Crippen LogP) is 2.68. The van der Waals surface area contributed by atoms with Gasteiger partial charge in [-0.15, -0.1) is 5.10 Å². The van der Waals surface area contributed by atoms with Crippen LogP contribution in [0.2, 0.25) is 0 Å². The van der Waals surface area contributed by atoms with Gasteiger partial charge in [0.2, 0.25) is 0 Å². The van der Waals surface area contributed by atoms with Crippen LogP contribution in [-0.4, -0.2) is 62.2 Å². The van der Waals surface area contributed by atoms with Gasteiger partial charge in [-0.1, -0.05) is 36.4 Å². The zero-order valence-corrected chi connectivity index (χ0v) is 17.3. The summed E-state index contributed by atoms with van der Waals surface area (Å²) in [5, 5.41) is 12.1. The molecule has 1 amide bonds. The molecule has 0 atom stereocenters. The van der Waals surface area contributed by atoms with Crippen LogP contribution in [0.3, 0.4) is 0 Å². The van der Waals surface area contributed by atoms with Crippen molar-refractivity contribution in [2.75, 3.05) is 31.1 Å². The van der Waals surface area contributed by atoms with Gasteiger partial charge in [0.25, 0.3) is 5.91 Å². The molecule has 5 rings (SSSR count). The second kappa shape index (κ2) is 8.84. The highest BCUT2D eigenvalue weighted by Crippen LogP contribution is 2.23. The maximum Gasteiger partial charge on any atom is 0.272 e. The highest BCUT2D eigenvalue weighted by atomic mass is 16.3. The monoisotopic (exact) mass is 427 g/mol. The lowest BCUT2D eigenvalue weighted by molar-refractivity contribution is -0.125. The molecular formula is C23H21N7O2. The van der Waals surface area contributed by atoms with E-state index in [0.717, 1.165) is 11.4 Å². The molecule has 4 heterocycles. The van der Waals surface area contributed by atoms with Gasteiger partial charge in [0.1, 0.15) is 17.3 Å². The summed E-state index contributed by atoms with van der Waals surface area (Å²) in [4.78, 5) is 22.0. The summed E-state index contributed by atoms with van der Waals surface area (Å²) in [6, 6.07) is 18.9. The molecule has 0 N–H and O–H groups in total. The molecule has 160 valence electrons. The fraction of sp³-hybridized carbons (Fsp3) is 0.174. The average Bonchev–Trinajstić information content (AvgIpc) is 3.56. The lowest BCUT2D eigenvalue weighted by Gasteiger charge is -2.35. The van der Waals surface area contributed by atoms with E-state index in [1.54, 1.807) is 30.7 Å². The summed E-state index contributed by atoms with van der Waals surface area (Å²) >= 11 is 0. The Morgan fingerprint density at radius 3 is 2.47 bits per heavy atom. The molecule has 0 bridgehead atoms. The molecule has 0 spiro atoms. The van der Waals surface area contributed by atoms with E-state index in [1.807, 2.05) is 53.4 Å². The lowest BCUT2D eigenvalue weighted by atomic mass is 10.2. The van der Waals surface area contributed by atoms with Gasteiger partial charge in [-0.2, -0.15) is 4.68 Å². The molecule has 4 aromatic rings. The number of tetrazole rings is 1. The largest absolute Gasteiger partial charge is 0.465 e. The minimum Gasteiger partial charge on any atom is -0.465 e. The molecule has 0 unspecified atom stereocenters. The van der Waals surface area contributed by atoms with E-state index in [1.165, 1.54) is 4.68 Å². The first kappa shape index (κ1) is 19.7. The second-order valence-corrected chi connectivity index (χ2v) is 7.29. The Balaban J connectivity index is 1.43. The SMILES string of the molecule is O=C(/C(=C\c1ccco1)n1nnnc1-c1ccccc1)N1CCN(c2ccccn2)CC1. The van der Waals surface area contributed by atoms with Crippen LogP contribution in [0.15, 0.2) is 77.5 Å². The molecule has 1 aromatic carbocycles. The maximum absolute atomic E-state index is 13.6. The Morgan fingerprint density at radius 1 is 0.938 bits per heavy atom. The van der Waals surface area contributed by atoms with Gasteiger partial charge < -0.3 is 14.2 Å². The van der Waals surface area contributed by atoms with Crippen molar-refractivity contribution in [1.29, 1.82) is 0 Å². The van der Waals surface area contributed by atoms with Gasteiger partial charge in [-0.3, -0.25) is 4.79 Å². The van der Waals surface area contributed by atoms with Crippen molar-refractivity contribution >= 4 is 23.5 Å². The first-order valence-electron chi connectivity index (χ1n) is 10.3. The van der Waals surface area contributed by atoms with Crippen LogP contribution in [0.1, 0.15) is 5.76 Å². The number of pyridine rings is 1. The molecule has 9 nitrogen and oxygen atoms in total. The third kappa shape index (κ3) is 4.00. The van der Waals surface area contributed by atoms with Crippen molar-refractivity contribution in [1.82, 2.24) is 30.1 Å². The number of hydrogen-bond acceptors (Lipinski definition) is 7. The van der Waals surface area contributed by atoms with E-state index in [2.05, 4.69) is 25.4 Å². The number of anilines is 1. The lowest BCUT2D eigenvalue weighted by Crippen LogP contribution is -2.49. The van der Waals surface area contributed by atoms with Crippen molar-refractivity contribution in [2.45, 2.75) is 0 Å². The first-order valence-corrected chi connectivity index (χ1v) is 10.3. The van der Waals surface area contributed by atoms with Crippen molar-refractivity contribution in [3.05, 3.63) is 78.9 Å². The number of amides is 1. The van der Waals surface area contributed by atoms with E-state index in [-0.39, 0.29) is 5.91 Å².